The quantitative estimate of drug-likeness (QED) is 0.471. The van der Waals surface area contributed by atoms with E-state index in [9.17, 15) is 28.1 Å². The van der Waals surface area contributed by atoms with E-state index >= 15 is 0 Å². The number of aromatic carboxylic acids is 1. The fraction of sp³-hybridized carbons (Fsp3) is 0.364. The minimum absolute atomic E-state index is 0.313. The summed E-state index contributed by atoms with van der Waals surface area (Å²) in [7, 11) is 0. The van der Waals surface area contributed by atoms with Gasteiger partial charge in [-0.3, -0.25) is 10.1 Å². The van der Waals surface area contributed by atoms with E-state index in [1.54, 1.807) is 0 Å². The van der Waals surface area contributed by atoms with Crippen molar-refractivity contribution in [1.29, 1.82) is 0 Å². The number of nitro groups is 1. The number of hydrogen-bond acceptors (Lipinski definition) is 5. The number of ether oxygens (including phenoxy) is 2. The van der Waals surface area contributed by atoms with Crippen molar-refractivity contribution in [3.05, 3.63) is 33.9 Å². The molecule has 0 radical (unpaired) electrons. The standard InChI is InChI=1S/C11H10F3NO6/c12-11(13,14)6-20-4-5-21-8-3-1-2-7(15(18)19)9(8)10(16)17/h1-3H,4-6H2,(H,16,17). The maximum atomic E-state index is 11.8. The summed E-state index contributed by atoms with van der Waals surface area (Å²) in [4.78, 5) is 20.8. The fourth-order valence-electron chi connectivity index (χ4n) is 1.41. The minimum Gasteiger partial charge on any atom is -0.490 e. The lowest BCUT2D eigenvalue weighted by atomic mass is 10.1. The van der Waals surface area contributed by atoms with Gasteiger partial charge >= 0.3 is 12.1 Å². The van der Waals surface area contributed by atoms with E-state index in [1.165, 1.54) is 12.1 Å². The summed E-state index contributed by atoms with van der Waals surface area (Å²) in [5.41, 5.74) is -1.34. The molecule has 1 rings (SSSR count). The average molecular weight is 309 g/mol. The van der Waals surface area contributed by atoms with Crippen LogP contribution >= 0.6 is 0 Å². The summed E-state index contributed by atoms with van der Waals surface area (Å²) in [6.45, 7) is -2.28. The topological polar surface area (TPSA) is 98.9 Å². The van der Waals surface area contributed by atoms with Gasteiger partial charge in [0.05, 0.1) is 11.5 Å². The Morgan fingerprint density at radius 2 is 2.00 bits per heavy atom. The molecule has 7 nitrogen and oxygen atoms in total. The number of hydrogen-bond donors (Lipinski definition) is 1. The van der Waals surface area contributed by atoms with E-state index < -0.39 is 41.5 Å². The number of halogens is 3. The van der Waals surface area contributed by atoms with Gasteiger partial charge in [0.2, 0.25) is 0 Å². The number of carboxylic acid groups (broad SMARTS) is 1. The summed E-state index contributed by atoms with van der Waals surface area (Å²) in [5.74, 6) is -1.89. The molecule has 1 aromatic rings. The monoisotopic (exact) mass is 309 g/mol. The average Bonchev–Trinajstić information content (AvgIpc) is 2.36. The molecule has 116 valence electrons. The molecular weight excluding hydrogens is 299 g/mol. The Labute approximate surface area is 116 Å². The number of carbonyl (C=O) groups is 1. The van der Waals surface area contributed by atoms with E-state index in [1.807, 2.05) is 0 Å². The van der Waals surface area contributed by atoms with E-state index in [4.69, 9.17) is 9.84 Å². The molecular formula is C11H10F3NO6. The van der Waals surface area contributed by atoms with Crippen LogP contribution in [-0.4, -0.2) is 42.0 Å². The molecule has 0 aliphatic heterocycles. The first-order chi connectivity index (χ1) is 9.72. The van der Waals surface area contributed by atoms with Crippen molar-refractivity contribution in [1.82, 2.24) is 0 Å². The smallest absolute Gasteiger partial charge is 0.411 e. The number of alkyl halides is 3. The van der Waals surface area contributed by atoms with Crippen LogP contribution in [0.25, 0.3) is 0 Å². The SMILES string of the molecule is O=C(O)c1c(OCCOCC(F)(F)F)cccc1[N+](=O)[O-]. The van der Waals surface area contributed by atoms with Gasteiger partial charge in [0.25, 0.3) is 5.69 Å². The Kier molecular flexibility index (Phi) is 5.47. The van der Waals surface area contributed by atoms with Crippen molar-refractivity contribution in [2.75, 3.05) is 19.8 Å². The molecule has 0 fully saturated rings. The van der Waals surface area contributed by atoms with Gasteiger partial charge in [-0.15, -0.1) is 0 Å². The van der Waals surface area contributed by atoms with Gasteiger partial charge in [-0.1, -0.05) is 6.07 Å². The second-order valence-electron chi connectivity index (χ2n) is 3.73. The molecule has 0 bridgehead atoms. The molecule has 0 heterocycles. The first kappa shape index (κ1) is 16.7. The third kappa shape index (κ3) is 5.26. The summed E-state index contributed by atoms with van der Waals surface area (Å²) in [6, 6.07) is 3.35. The largest absolute Gasteiger partial charge is 0.490 e. The summed E-state index contributed by atoms with van der Waals surface area (Å²) in [5, 5.41) is 19.6. The molecule has 0 saturated heterocycles. The first-order valence-electron chi connectivity index (χ1n) is 5.50. The Morgan fingerprint density at radius 1 is 1.33 bits per heavy atom. The third-order valence-electron chi connectivity index (χ3n) is 2.17. The van der Waals surface area contributed by atoms with E-state index in [2.05, 4.69) is 4.74 Å². The molecule has 0 spiro atoms. The van der Waals surface area contributed by atoms with Gasteiger partial charge in [0, 0.05) is 6.07 Å². The number of rotatable bonds is 7. The predicted octanol–water partition coefficient (Wildman–Crippen LogP) is 2.25. The summed E-state index contributed by atoms with van der Waals surface area (Å²) >= 11 is 0. The second kappa shape index (κ2) is 6.88. The molecule has 0 saturated carbocycles. The second-order valence-corrected chi connectivity index (χ2v) is 3.73. The molecule has 0 amide bonds. The van der Waals surface area contributed by atoms with Gasteiger partial charge < -0.3 is 14.6 Å². The Morgan fingerprint density at radius 3 is 2.52 bits per heavy atom. The van der Waals surface area contributed by atoms with Crippen molar-refractivity contribution >= 4 is 11.7 Å². The minimum atomic E-state index is -4.47. The van der Waals surface area contributed by atoms with Crippen molar-refractivity contribution in [3.63, 3.8) is 0 Å². The number of nitro benzene ring substituents is 1. The molecule has 0 atom stereocenters. The van der Waals surface area contributed by atoms with Crippen LogP contribution in [0.5, 0.6) is 5.75 Å². The van der Waals surface area contributed by atoms with Gasteiger partial charge in [0.15, 0.2) is 5.56 Å². The molecule has 0 unspecified atom stereocenters. The summed E-state index contributed by atoms with van der Waals surface area (Å²) in [6.07, 6.45) is -4.47. The van der Waals surface area contributed by atoms with E-state index in [0.29, 0.717) is 0 Å². The normalized spacial score (nSPS) is 11.2. The van der Waals surface area contributed by atoms with Crippen molar-refractivity contribution < 1.29 is 37.5 Å². The van der Waals surface area contributed by atoms with Crippen LogP contribution in [0.4, 0.5) is 18.9 Å². The number of carboxylic acids is 1. The highest BCUT2D eigenvalue weighted by Crippen LogP contribution is 2.28. The Hall–Kier alpha value is -2.36. The van der Waals surface area contributed by atoms with Crippen LogP contribution in [0.15, 0.2) is 18.2 Å². The van der Waals surface area contributed by atoms with Gasteiger partial charge in [0.1, 0.15) is 19.0 Å². The molecule has 0 aliphatic carbocycles. The predicted molar refractivity (Wildman–Crippen MR) is 62.4 cm³/mol. The summed E-state index contributed by atoms with van der Waals surface area (Å²) < 4.78 is 44.6. The van der Waals surface area contributed by atoms with Crippen LogP contribution in [0.3, 0.4) is 0 Å². The lowest BCUT2D eigenvalue weighted by molar-refractivity contribution is -0.385. The maximum absolute atomic E-state index is 11.8. The third-order valence-corrected chi connectivity index (χ3v) is 2.17. The van der Waals surface area contributed by atoms with Crippen LogP contribution in [0, 0.1) is 10.1 Å². The Balaban J connectivity index is 2.69. The highest BCUT2D eigenvalue weighted by Gasteiger charge is 2.27. The van der Waals surface area contributed by atoms with Gasteiger partial charge in [-0.25, -0.2) is 4.79 Å². The van der Waals surface area contributed by atoms with Gasteiger partial charge in [-0.05, 0) is 6.07 Å². The highest BCUT2D eigenvalue weighted by molar-refractivity contribution is 5.95. The molecule has 0 aliphatic rings. The van der Waals surface area contributed by atoms with Gasteiger partial charge in [-0.2, -0.15) is 13.2 Å². The molecule has 21 heavy (non-hydrogen) atoms. The van der Waals surface area contributed by atoms with Crippen LogP contribution in [0.2, 0.25) is 0 Å². The van der Waals surface area contributed by atoms with Crippen LogP contribution in [-0.2, 0) is 4.74 Å². The van der Waals surface area contributed by atoms with Crippen LogP contribution in [0.1, 0.15) is 10.4 Å². The van der Waals surface area contributed by atoms with E-state index in [-0.39, 0.29) is 12.4 Å². The zero-order valence-corrected chi connectivity index (χ0v) is 10.4. The van der Waals surface area contributed by atoms with Crippen molar-refractivity contribution in [3.8, 4) is 5.75 Å². The molecule has 0 aromatic heterocycles. The Bertz CT molecular complexity index is 531. The van der Waals surface area contributed by atoms with E-state index in [0.717, 1.165) is 6.07 Å². The highest BCUT2D eigenvalue weighted by atomic mass is 19.4. The number of nitrogens with zero attached hydrogens (tertiary/aromatic N) is 1. The molecule has 1 N–H and O–H groups in total. The lowest BCUT2D eigenvalue weighted by Gasteiger charge is -2.10. The fourth-order valence-corrected chi connectivity index (χ4v) is 1.41. The zero-order chi connectivity index (χ0) is 16.0. The van der Waals surface area contributed by atoms with Crippen LogP contribution < -0.4 is 4.74 Å². The maximum Gasteiger partial charge on any atom is 0.411 e. The van der Waals surface area contributed by atoms with Crippen molar-refractivity contribution in [2.45, 2.75) is 6.18 Å². The molecule has 10 heteroatoms. The lowest BCUT2D eigenvalue weighted by Crippen LogP contribution is -2.19. The molecule has 1 aromatic carbocycles. The number of benzene rings is 1. The van der Waals surface area contributed by atoms with Crippen molar-refractivity contribution in [2.24, 2.45) is 0 Å². The first-order valence-corrected chi connectivity index (χ1v) is 5.50. The zero-order valence-electron chi connectivity index (χ0n) is 10.4.